The maximum atomic E-state index is 13.7. The van der Waals surface area contributed by atoms with E-state index in [-0.39, 0.29) is 26.9 Å². The van der Waals surface area contributed by atoms with E-state index in [2.05, 4.69) is 9.97 Å². The molecule has 0 aliphatic carbocycles. The molecule has 4 N–H and O–H groups in total. The summed E-state index contributed by atoms with van der Waals surface area (Å²) in [6, 6.07) is 3.24. The van der Waals surface area contributed by atoms with Crippen molar-refractivity contribution in [2.24, 2.45) is 0 Å². The lowest BCUT2D eigenvalue weighted by Gasteiger charge is -2.06. The van der Waals surface area contributed by atoms with Crippen molar-refractivity contribution >= 4 is 23.4 Å². The molecular weight excluding hydrogens is 273 g/mol. The number of rotatable bonds is 3. The predicted octanol–water partition coefficient (Wildman–Crippen LogP) is 1.34. The first-order chi connectivity index (χ1) is 8.97. The van der Waals surface area contributed by atoms with Gasteiger partial charge in [0.15, 0.2) is 5.16 Å². The number of nitrogen functional groups attached to an aromatic ring is 1. The zero-order valence-electron chi connectivity index (χ0n) is 9.38. The fraction of sp³-hybridized carbons (Fsp3) is 0. The van der Waals surface area contributed by atoms with E-state index < -0.39 is 11.8 Å². The Morgan fingerprint density at radius 2 is 2.21 bits per heavy atom. The van der Waals surface area contributed by atoms with Crippen LogP contribution in [0.25, 0.3) is 0 Å². The van der Waals surface area contributed by atoms with Crippen LogP contribution in [0.4, 0.5) is 10.1 Å². The van der Waals surface area contributed by atoms with Gasteiger partial charge in [-0.1, -0.05) is 0 Å². The second-order valence-corrected chi connectivity index (χ2v) is 4.55. The lowest BCUT2D eigenvalue weighted by molar-refractivity contribution is 0.0697. The number of benzene rings is 1. The third-order valence-electron chi connectivity index (χ3n) is 2.19. The van der Waals surface area contributed by atoms with E-state index in [9.17, 15) is 14.0 Å². The monoisotopic (exact) mass is 281 g/mol. The zero-order chi connectivity index (χ0) is 14.0. The minimum absolute atomic E-state index is 0.0148. The first kappa shape index (κ1) is 13.1. The highest BCUT2D eigenvalue weighted by atomic mass is 32.2. The molecule has 2 aromatic rings. The van der Waals surface area contributed by atoms with Crippen LogP contribution in [0.1, 0.15) is 10.4 Å². The van der Waals surface area contributed by atoms with Gasteiger partial charge in [0.25, 0.3) is 5.56 Å². The lowest BCUT2D eigenvalue weighted by atomic mass is 10.2. The Morgan fingerprint density at radius 3 is 2.84 bits per heavy atom. The van der Waals surface area contributed by atoms with Gasteiger partial charge in [-0.25, -0.2) is 14.2 Å². The minimum Gasteiger partial charge on any atom is -0.478 e. The van der Waals surface area contributed by atoms with Gasteiger partial charge in [-0.3, -0.25) is 4.79 Å². The van der Waals surface area contributed by atoms with Gasteiger partial charge >= 0.3 is 5.97 Å². The zero-order valence-corrected chi connectivity index (χ0v) is 10.2. The van der Waals surface area contributed by atoms with Gasteiger partial charge in [-0.15, -0.1) is 0 Å². The molecule has 1 aromatic carbocycles. The average Bonchev–Trinajstić information content (AvgIpc) is 2.32. The van der Waals surface area contributed by atoms with Crippen LogP contribution in [0.5, 0.6) is 0 Å². The standard InChI is InChI=1S/C11H8FN3O3S/c12-6-4-7(13)5(10(17)18)3-8(6)19-11-14-2-1-9(16)15-11/h1-4H,13H2,(H,17,18)(H,14,15,16). The quantitative estimate of drug-likeness (QED) is 0.578. The molecule has 0 spiro atoms. The normalized spacial score (nSPS) is 10.4. The van der Waals surface area contributed by atoms with Crippen molar-refractivity contribution in [2.75, 3.05) is 5.73 Å². The van der Waals surface area contributed by atoms with E-state index in [0.717, 1.165) is 23.9 Å². The summed E-state index contributed by atoms with van der Waals surface area (Å²) in [6.45, 7) is 0. The lowest BCUT2D eigenvalue weighted by Crippen LogP contribution is -2.06. The van der Waals surface area contributed by atoms with Crippen LogP contribution in [-0.2, 0) is 0 Å². The molecule has 8 heteroatoms. The van der Waals surface area contributed by atoms with Crippen molar-refractivity contribution in [1.82, 2.24) is 9.97 Å². The van der Waals surface area contributed by atoms with Crippen molar-refractivity contribution in [1.29, 1.82) is 0 Å². The van der Waals surface area contributed by atoms with Crippen molar-refractivity contribution in [3.05, 3.63) is 46.1 Å². The first-order valence-corrected chi connectivity index (χ1v) is 5.84. The van der Waals surface area contributed by atoms with Crippen LogP contribution in [0, 0.1) is 5.82 Å². The first-order valence-electron chi connectivity index (χ1n) is 5.03. The molecular formula is C11H8FN3O3S. The van der Waals surface area contributed by atoms with E-state index in [1.807, 2.05) is 0 Å². The molecule has 6 nitrogen and oxygen atoms in total. The summed E-state index contributed by atoms with van der Waals surface area (Å²) in [5, 5.41) is 9.07. The largest absolute Gasteiger partial charge is 0.478 e. The number of hydrogen-bond acceptors (Lipinski definition) is 5. The molecule has 19 heavy (non-hydrogen) atoms. The fourth-order valence-corrected chi connectivity index (χ4v) is 2.15. The van der Waals surface area contributed by atoms with E-state index >= 15 is 0 Å². The fourth-order valence-electron chi connectivity index (χ4n) is 1.34. The summed E-state index contributed by atoms with van der Waals surface area (Å²) in [5.41, 5.74) is 4.65. The Balaban J connectivity index is 2.42. The van der Waals surface area contributed by atoms with Gasteiger partial charge in [-0.05, 0) is 23.9 Å². The topological polar surface area (TPSA) is 109 Å². The summed E-state index contributed by atoms with van der Waals surface area (Å²) in [5.74, 6) is -1.94. The minimum atomic E-state index is -1.26. The van der Waals surface area contributed by atoms with Crippen LogP contribution >= 0.6 is 11.8 Å². The van der Waals surface area contributed by atoms with E-state index in [4.69, 9.17) is 10.8 Å². The van der Waals surface area contributed by atoms with Gasteiger partial charge in [0.1, 0.15) is 5.82 Å². The van der Waals surface area contributed by atoms with Crippen molar-refractivity contribution in [2.45, 2.75) is 10.1 Å². The van der Waals surface area contributed by atoms with Crippen LogP contribution < -0.4 is 11.3 Å². The maximum Gasteiger partial charge on any atom is 0.337 e. The summed E-state index contributed by atoms with van der Waals surface area (Å²) < 4.78 is 13.7. The Hall–Kier alpha value is -2.35. The molecule has 0 radical (unpaired) electrons. The number of hydrogen-bond donors (Lipinski definition) is 3. The third kappa shape index (κ3) is 2.91. The number of H-pyrrole nitrogens is 1. The Labute approximate surface area is 110 Å². The second kappa shape index (κ2) is 5.11. The summed E-state index contributed by atoms with van der Waals surface area (Å²) in [6.07, 6.45) is 1.27. The number of halogens is 1. The number of aromatic carboxylic acids is 1. The average molecular weight is 281 g/mol. The van der Waals surface area contributed by atoms with Crippen LogP contribution in [0.2, 0.25) is 0 Å². The number of carboxylic acids is 1. The van der Waals surface area contributed by atoms with Crippen LogP contribution in [0.3, 0.4) is 0 Å². The second-order valence-electron chi connectivity index (χ2n) is 3.52. The van der Waals surface area contributed by atoms with Crippen molar-refractivity contribution < 1.29 is 14.3 Å². The van der Waals surface area contributed by atoms with Gasteiger partial charge in [0, 0.05) is 18.0 Å². The smallest absolute Gasteiger partial charge is 0.337 e. The Morgan fingerprint density at radius 1 is 1.47 bits per heavy atom. The molecule has 0 atom stereocenters. The molecule has 1 heterocycles. The number of carbonyl (C=O) groups is 1. The molecule has 0 aliphatic heterocycles. The molecule has 0 amide bonds. The molecule has 0 saturated heterocycles. The molecule has 0 fully saturated rings. The summed E-state index contributed by atoms with van der Waals surface area (Å²) >= 11 is 0.808. The SMILES string of the molecule is Nc1cc(F)c(Sc2nccc(=O)[nH]2)cc1C(=O)O. The van der Waals surface area contributed by atoms with E-state index in [1.165, 1.54) is 12.3 Å². The molecule has 1 aromatic heterocycles. The number of anilines is 1. The highest BCUT2D eigenvalue weighted by Gasteiger charge is 2.14. The molecule has 0 unspecified atom stereocenters. The third-order valence-corrected chi connectivity index (χ3v) is 3.12. The maximum absolute atomic E-state index is 13.7. The summed E-state index contributed by atoms with van der Waals surface area (Å²) in [7, 11) is 0. The number of nitrogens with two attached hydrogens (primary N) is 1. The van der Waals surface area contributed by atoms with Gasteiger partial charge in [-0.2, -0.15) is 0 Å². The molecule has 0 aliphatic rings. The number of carboxylic acid groups (broad SMARTS) is 1. The van der Waals surface area contributed by atoms with Gasteiger partial charge in [0.05, 0.1) is 10.5 Å². The highest BCUT2D eigenvalue weighted by molar-refractivity contribution is 7.99. The number of nitrogens with one attached hydrogen (secondary N) is 1. The van der Waals surface area contributed by atoms with Crippen LogP contribution in [0.15, 0.2) is 39.2 Å². The van der Waals surface area contributed by atoms with Gasteiger partial charge < -0.3 is 15.8 Å². The molecule has 0 bridgehead atoms. The van der Waals surface area contributed by atoms with Crippen molar-refractivity contribution in [3.63, 3.8) is 0 Å². The van der Waals surface area contributed by atoms with Crippen LogP contribution in [-0.4, -0.2) is 21.0 Å². The molecule has 98 valence electrons. The Bertz CT molecular complexity index is 702. The molecule has 0 saturated carbocycles. The number of aromatic nitrogens is 2. The predicted molar refractivity (Wildman–Crippen MR) is 66.8 cm³/mol. The summed E-state index contributed by atoms with van der Waals surface area (Å²) in [4.78, 5) is 28.2. The Kier molecular flexibility index (Phi) is 3.52. The van der Waals surface area contributed by atoms with Gasteiger partial charge in [0.2, 0.25) is 0 Å². The van der Waals surface area contributed by atoms with E-state index in [1.54, 1.807) is 0 Å². The molecule has 2 rings (SSSR count). The van der Waals surface area contributed by atoms with E-state index in [0.29, 0.717) is 0 Å². The highest BCUT2D eigenvalue weighted by Crippen LogP contribution is 2.30. The van der Waals surface area contributed by atoms with Crippen molar-refractivity contribution in [3.8, 4) is 0 Å². The number of nitrogens with zero attached hydrogens (tertiary/aromatic N) is 1. The number of aromatic amines is 1.